The Morgan fingerprint density at radius 1 is 0.650 bits per heavy atom. The fourth-order valence-corrected chi connectivity index (χ4v) is 2.14. The number of aryl methyl sites for hydroxylation is 2. The van der Waals surface area contributed by atoms with Crippen LogP contribution in [0.2, 0.25) is 0 Å². The largest absolute Gasteiger partial charge is 0.0837 e. The van der Waals surface area contributed by atoms with Crippen LogP contribution in [0.4, 0.5) is 0 Å². The van der Waals surface area contributed by atoms with Crippen LogP contribution in [0.3, 0.4) is 0 Å². The number of hydrogen-bond donors (Lipinski definition) is 0. The molecule has 0 aliphatic rings. The molecule has 0 radical (unpaired) electrons. The minimum Gasteiger partial charge on any atom is -0.0837 e. The van der Waals surface area contributed by atoms with E-state index >= 15 is 0 Å². The molecule has 2 aromatic rings. The summed E-state index contributed by atoms with van der Waals surface area (Å²) in [5.41, 5.74) is 4.40. The highest BCUT2D eigenvalue weighted by molar-refractivity contribution is 6.50. The Morgan fingerprint density at radius 2 is 0.950 bits per heavy atom. The van der Waals surface area contributed by atoms with Gasteiger partial charge in [0.2, 0.25) is 0 Å². The van der Waals surface area contributed by atoms with E-state index in [1.807, 2.05) is 60.7 Å². The molecule has 0 atom stereocenters. The molecule has 0 aliphatic heterocycles. The van der Waals surface area contributed by atoms with Crippen molar-refractivity contribution in [1.82, 2.24) is 0 Å². The van der Waals surface area contributed by atoms with E-state index in [0.717, 1.165) is 11.1 Å². The van der Waals surface area contributed by atoms with E-state index in [2.05, 4.69) is 13.8 Å². The molecule has 0 saturated heterocycles. The Morgan fingerprint density at radius 3 is 1.25 bits per heavy atom. The first-order chi connectivity index (χ1) is 9.56. The van der Waals surface area contributed by atoms with Crippen molar-refractivity contribution in [2.45, 2.75) is 13.8 Å². The molecule has 0 amide bonds. The fourth-order valence-electron chi connectivity index (χ4n) is 1.76. The molecule has 20 heavy (non-hydrogen) atoms. The van der Waals surface area contributed by atoms with E-state index in [1.54, 1.807) is 0 Å². The van der Waals surface area contributed by atoms with Crippen molar-refractivity contribution in [3.8, 4) is 0 Å². The van der Waals surface area contributed by atoms with Crippen LogP contribution in [-0.2, 0) is 0 Å². The van der Waals surface area contributed by atoms with Crippen LogP contribution < -0.4 is 0 Å². The van der Waals surface area contributed by atoms with Gasteiger partial charge in [-0.1, -0.05) is 82.9 Å². The van der Waals surface area contributed by atoms with Gasteiger partial charge in [-0.3, -0.25) is 0 Å². The number of halogens is 2. The van der Waals surface area contributed by atoms with Crippen LogP contribution in [0.5, 0.6) is 0 Å². The SMILES string of the molecule is Cc1ccc(/C(Cl)=C/C=C(\Cl)c2ccc(C)cc2)cc1. The first-order valence-electron chi connectivity index (χ1n) is 6.43. The fraction of sp³-hybridized carbons (Fsp3) is 0.111. The van der Waals surface area contributed by atoms with Gasteiger partial charge < -0.3 is 0 Å². The van der Waals surface area contributed by atoms with Crippen LogP contribution in [0.25, 0.3) is 10.1 Å². The van der Waals surface area contributed by atoms with Crippen molar-refractivity contribution in [3.63, 3.8) is 0 Å². The van der Waals surface area contributed by atoms with Crippen molar-refractivity contribution < 1.29 is 0 Å². The Bertz CT molecular complexity index is 573. The Balaban J connectivity index is 2.19. The predicted molar refractivity (Wildman–Crippen MR) is 90.0 cm³/mol. The molecule has 0 aromatic heterocycles. The summed E-state index contributed by atoms with van der Waals surface area (Å²) < 4.78 is 0. The topological polar surface area (TPSA) is 0 Å². The van der Waals surface area contributed by atoms with E-state index in [-0.39, 0.29) is 0 Å². The maximum absolute atomic E-state index is 6.27. The highest BCUT2D eigenvalue weighted by Gasteiger charge is 1.99. The molecule has 0 unspecified atom stereocenters. The zero-order valence-electron chi connectivity index (χ0n) is 11.5. The Hall–Kier alpha value is -1.50. The third-order valence-corrected chi connectivity index (χ3v) is 3.72. The van der Waals surface area contributed by atoms with Gasteiger partial charge in [0.1, 0.15) is 0 Å². The molecule has 0 aliphatic carbocycles. The Kier molecular flexibility index (Phi) is 5.05. The zero-order chi connectivity index (χ0) is 14.5. The molecular weight excluding hydrogens is 287 g/mol. The van der Waals surface area contributed by atoms with Gasteiger partial charge in [0, 0.05) is 10.1 Å². The van der Waals surface area contributed by atoms with Crippen LogP contribution in [0, 0.1) is 13.8 Å². The van der Waals surface area contributed by atoms with Crippen molar-refractivity contribution in [1.29, 1.82) is 0 Å². The summed E-state index contributed by atoms with van der Waals surface area (Å²) in [4.78, 5) is 0. The second-order valence-electron chi connectivity index (χ2n) is 4.76. The second-order valence-corrected chi connectivity index (χ2v) is 5.58. The van der Waals surface area contributed by atoms with Gasteiger partial charge in [-0.25, -0.2) is 0 Å². The molecule has 0 fully saturated rings. The van der Waals surface area contributed by atoms with Crippen LogP contribution in [0.1, 0.15) is 22.3 Å². The minimum atomic E-state index is 0.676. The lowest BCUT2D eigenvalue weighted by atomic mass is 10.1. The maximum atomic E-state index is 6.27. The number of hydrogen-bond acceptors (Lipinski definition) is 0. The predicted octanol–water partition coefficient (Wildman–Crippen LogP) is 6.16. The summed E-state index contributed by atoms with van der Waals surface area (Å²) in [5, 5.41) is 1.35. The standard InChI is InChI=1S/C18H16Cl2/c1-13-3-7-15(8-4-13)17(19)11-12-18(20)16-9-5-14(2)6-10-16/h3-12H,1-2H3/b17-11-,18-12-. The average Bonchev–Trinajstić information content (AvgIpc) is 2.46. The summed E-state index contributed by atoms with van der Waals surface area (Å²) >= 11 is 12.5. The second kappa shape index (κ2) is 6.78. The number of rotatable bonds is 3. The molecule has 0 saturated carbocycles. The van der Waals surface area contributed by atoms with E-state index in [9.17, 15) is 0 Å². The molecule has 0 bridgehead atoms. The molecule has 0 heterocycles. The van der Waals surface area contributed by atoms with Crippen molar-refractivity contribution in [2.75, 3.05) is 0 Å². The molecule has 0 spiro atoms. The van der Waals surface area contributed by atoms with E-state index in [4.69, 9.17) is 23.2 Å². The summed E-state index contributed by atoms with van der Waals surface area (Å²) in [6.45, 7) is 4.10. The summed E-state index contributed by atoms with van der Waals surface area (Å²) in [6.07, 6.45) is 3.66. The van der Waals surface area contributed by atoms with Gasteiger partial charge in [-0.2, -0.15) is 0 Å². The van der Waals surface area contributed by atoms with Crippen LogP contribution in [0.15, 0.2) is 60.7 Å². The first kappa shape index (κ1) is 14.9. The minimum absolute atomic E-state index is 0.676. The summed E-state index contributed by atoms with van der Waals surface area (Å²) in [7, 11) is 0. The van der Waals surface area contributed by atoms with Crippen LogP contribution in [-0.4, -0.2) is 0 Å². The quantitative estimate of drug-likeness (QED) is 0.595. The van der Waals surface area contributed by atoms with E-state index in [0.29, 0.717) is 10.1 Å². The van der Waals surface area contributed by atoms with Gasteiger partial charge in [-0.05, 0) is 37.1 Å². The lowest BCUT2D eigenvalue weighted by Gasteiger charge is -2.01. The van der Waals surface area contributed by atoms with Gasteiger partial charge in [0.15, 0.2) is 0 Å². The maximum Gasteiger partial charge on any atom is 0.0478 e. The van der Waals surface area contributed by atoms with E-state index in [1.165, 1.54) is 11.1 Å². The van der Waals surface area contributed by atoms with Gasteiger partial charge in [0.25, 0.3) is 0 Å². The highest BCUT2D eigenvalue weighted by atomic mass is 35.5. The monoisotopic (exact) mass is 302 g/mol. The lowest BCUT2D eigenvalue weighted by Crippen LogP contribution is -1.79. The lowest BCUT2D eigenvalue weighted by molar-refractivity contribution is 1.46. The van der Waals surface area contributed by atoms with E-state index < -0.39 is 0 Å². The highest BCUT2D eigenvalue weighted by Crippen LogP contribution is 2.23. The molecule has 2 heteroatoms. The van der Waals surface area contributed by atoms with Crippen molar-refractivity contribution in [3.05, 3.63) is 82.9 Å². The van der Waals surface area contributed by atoms with Crippen molar-refractivity contribution >= 4 is 33.3 Å². The molecular formula is C18H16Cl2. The van der Waals surface area contributed by atoms with Gasteiger partial charge in [-0.15, -0.1) is 0 Å². The average molecular weight is 303 g/mol. The molecule has 2 aromatic carbocycles. The molecule has 2 rings (SSSR count). The normalized spacial score (nSPS) is 12.6. The summed E-state index contributed by atoms with van der Waals surface area (Å²) in [6, 6.07) is 16.2. The first-order valence-corrected chi connectivity index (χ1v) is 7.19. The van der Waals surface area contributed by atoms with Gasteiger partial charge in [0.05, 0.1) is 0 Å². The third-order valence-electron chi connectivity index (χ3n) is 3.03. The van der Waals surface area contributed by atoms with Gasteiger partial charge >= 0.3 is 0 Å². The third kappa shape index (κ3) is 4.00. The van der Waals surface area contributed by atoms with Crippen molar-refractivity contribution in [2.24, 2.45) is 0 Å². The summed E-state index contributed by atoms with van der Waals surface area (Å²) in [5.74, 6) is 0. The Labute approximate surface area is 130 Å². The number of allylic oxidation sites excluding steroid dienone is 2. The number of benzene rings is 2. The zero-order valence-corrected chi connectivity index (χ0v) is 13.0. The smallest absolute Gasteiger partial charge is 0.0478 e. The molecule has 0 nitrogen and oxygen atoms in total. The van der Waals surface area contributed by atoms with Crippen LogP contribution >= 0.6 is 23.2 Å². The molecule has 102 valence electrons. The molecule has 0 N–H and O–H groups in total.